The zero-order valence-electron chi connectivity index (χ0n) is 20.7. The van der Waals surface area contributed by atoms with Gasteiger partial charge in [-0.1, -0.05) is 26.0 Å². The van der Waals surface area contributed by atoms with Gasteiger partial charge < -0.3 is 19.5 Å². The van der Waals surface area contributed by atoms with Crippen LogP contribution in [0.5, 0.6) is 11.5 Å². The first-order valence-electron chi connectivity index (χ1n) is 11.5. The van der Waals surface area contributed by atoms with Crippen LogP contribution >= 0.6 is 0 Å². The van der Waals surface area contributed by atoms with Crippen molar-refractivity contribution in [3.05, 3.63) is 81.9 Å². The molecule has 1 aliphatic carbocycles. The summed E-state index contributed by atoms with van der Waals surface area (Å²) < 4.78 is 29.7. The zero-order chi connectivity index (χ0) is 25.3. The Balaban J connectivity index is 1.73. The number of esters is 1. The fourth-order valence-corrected chi connectivity index (χ4v) is 4.90. The third-order valence-electron chi connectivity index (χ3n) is 6.50. The van der Waals surface area contributed by atoms with Gasteiger partial charge in [-0.15, -0.1) is 0 Å². The molecule has 0 saturated carbocycles. The predicted molar refractivity (Wildman–Crippen MR) is 129 cm³/mol. The van der Waals surface area contributed by atoms with Crippen LogP contribution in [0.15, 0.2) is 65.0 Å². The van der Waals surface area contributed by atoms with Crippen LogP contribution in [0, 0.1) is 11.2 Å². The fraction of sp³-hybridized carbons (Fsp3) is 0.357. The molecule has 0 unspecified atom stereocenters. The Morgan fingerprint density at radius 1 is 1.11 bits per heavy atom. The third-order valence-corrected chi connectivity index (χ3v) is 6.50. The van der Waals surface area contributed by atoms with Crippen LogP contribution in [0.3, 0.4) is 0 Å². The minimum absolute atomic E-state index is 0.0188. The maximum Gasteiger partial charge on any atom is 0.336 e. The van der Waals surface area contributed by atoms with Gasteiger partial charge in [0, 0.05) is 34.9 Å². The van der Waals surface area contributed by atoms with Crippen LogP contribution in [0.1, 0.15) is 50.7 Å². The summed E-state index contributed by atoms with van der Waals surface area (Å²) in [6.45, 7) is 6.18. The normalized spacial score (nSPS) is 19.1. The van der Waals surface area contributed by atoms with Crippen molar-refractivity contribution in [1.29, 1.82) is 0 Å². The number of methoxy groups -OCH3 is 2. The molecule has 1 heterocycles. The van der Waals surface area contributed by atoms with Crippen molar-refractivity contribution in [2.75, 3.05) is 14.2 Å². The standard InChI is InChI=1S/C28H30FNO5/c1-16-24(27(32)34-5)25(26-21(30-16)13-28(2,3)14-22(26)31)17-6-7-18(23(12-17)33-4)15-35-20-10-8-19(29)9-11-20/h6-12,25,30H,13-15H2,1-5H3/t25-/m0/s1. The number of allylic oxidation sites excluding steroid dienone is 3. The summed E-state index contributed by atoms with van der Waals surface area (Å²) in [6, 6.07) is 11.4. The van der Waals surface area contributed by atoms with Gasteiger partial charge in [-0.05, 0) is 54.7 Å². The molecule has 2 aromatic rings. The lowest BCUT2D eigenvalue weighted by atomic mass is 9.68. The molecule has 184 valence electrons. The van der Waals surface area contributed by atoms with E-state index in [2.05, 4.69) is 19.2 Å². The average Bonchev–Trinajstić information content (AvgIpc) is 2.81. The van der Waals surface area contributed by atoms with Gasteiger partial charge in [0.25, 0.3) is 0 Å². The Bertz CT molecular complexity index is 1230. The lowest BCUT2D eigenvalue weighted by Gasteiger charge is -2.39. The van der Waals surface area contributed by atoms with E-state index in [1.54, 1.807) is 19.2 Å². The van der Waals surface area contributed by atoms with E-state index >= 15 is 0 Å². The van der Waals surface area contributed by atoms with E-state index in [9.17, 15) is 14.0 Å². The highest BCUT2D eigenvalue weighted by atomic mass is 19.1. The van der Waals surface area contributed by atoms with Crippen molar-refractivity contribution in [3.8, 4) is 11.5 Å². The van der Waals surface area contributed by atoms with Crippen LogP contribution in [-0.4, -0.2) is 26.0 Å². The Kier molecular flexibility index (Phi) is 6.70. The number of carbonyl (C=O) groups excluding carboxylic acids is 2. The van der Waals surface area contributed by atoms with Crippen LogP contribution < -0.4 is 14.8 Å². The van der Waals surface area contributed by atoms with E-state index in [0.717, 1.165) is 16.8 Å². The van der Waals surface area contributed by atoms with Gasteiger partial charge in [0.05, 0.1) is 19.8 Å². The number of halogens is 1. The van der Waals surface area contributed by atoms with E-state index in [4.69, 9.17) is 14.2 Å². The Morgan fingerprint density at radius 2 is 1.83 bits per heavy atom. The summed E-state index contributed by atoms with van der Waals surface area (Å²) in [4.78, 5) is 26.2. The van der Waals surface area contributed by atoms with E-state index < -0.39 is 11.9 Å². The quantitative estimate of drug-likeness (QED) is 0.575. The van der Waals surface area contributed by atoms with E-state index in [1.165, 1.54) is 19.2 Å². The molecular formula is C28H30FNO5. The number of dihydropyridines is 1. The van der Waals surface area contributed by atoms with Crippen molar-refractivity contribution in [2.45, 2.75) is 46.1 Å². The second-order valence-electron chi connectivity index (χ2n) is 9.74. The fourth-order valence-electron chi connectivity index (χ4n) is 4.90. The summed E-state index contributed by atoms with van der Waals surface area (Å²) in [6.07, 6.45) is 1.11. The van der Waals surface area contributed by atoms with Gasteiger partial charge in [0.2, 0.25) is 0 Å². The van der Waals surface area contributed by atoms with Gasteiger partial charge in [-0.2, -0.15) is 0 Å². The van der Waals surface area contributed by atoms with Crippen molar-refractivity contribution in [1.82, 2.24) is 5.32 Å². The highest BCUT2D eigenvalue weighted by Crippen LogP contribution is 2.47. The van der Waals surface area contributed by atoms with Crippen LogP contribution in [0.2, 0.25) is 0 Å². The number of nitrogens with one attached hydrogen (secondary N) is 1. The molecule has 0 amide bonds. The van der Waals surface area contributed by atoms with Crippen molar-refractivity contribution in [3.63, 3.8) is 0 Å². The summed E-state index contributed by atoms with van der Waals surface area (Å²) in [7, 11) is 2.90. The van der Waals surface area contributed by atoms with Gasteiger partial charge in [0.1, 0.15) is 23.9 Å². The lowest BCUT2D eigenvalue weighted by Crippen LogP contribution is -2.38. The molecule has 0 saturated heterocycles. The van der Waals surface area contributed by atoms with Gasteiger partial charge in [0.15, 0.2) is 5.78 Å². The molecule has 1 N–H and O–H groups in total. The zero-order valence-corrected chi connectivity index (χ0v) is 20.7. The summed E-state index contributed by atoms with van der Waals surface area (Å²) >= 11 is 0. The second kappa shape index (κ2) is 9.56. The van der Waals surface area contributed by atoms with E-state index in [1.807, 2.05) is 25.1 Å². The van der Waals surface area contributed by atoms with Crippen molar-refractivity contribution >= 4 is 11.8 Å². The second-order valence-corrected chi connectivity index (χ2v) is 9.74. The van der Waals surface area contributed by atoms with E-state index in [-0.39, 0.29) is 23.6 Å². The minimum atomic E-state index is -0.566. The van der Waals surface area contributed by atoms with Gasteiger partial charge in [-0.25, -0.2) is 9.18 Å². The summed E-state index contributed by atoms with van der Waals surface area (Å²) in [5, 5.41) is 3.31. The lowest BCUT2D eigenvalue weighted by molar-refractivity contribution is -0.136. The van der Waals surface area contributed by atoms with Crippen molar-refractivity contribution in [2.24, 2.45) is 5.41 Å². The first kappa shape index (κ1) is 24.5. The molecule has 0 spiro atoms. The summed E-state index contributed by atoms with van der Waals surface area (Å²) in [5.74, 6) is -0.260. The highest BCUT2D eigenvalue weighted by Gasteiger charge is 2.43. The number of ether oxygens (including phenoxy) is 3. The molecule has 1 atom stereocenters. The Morgan fingerprint density at radius 3 is 2.49 bits per heavy atom. The first-order valence-corrected chi connectivity index (χ1v) is 11.5. The molecule has 4 rings (SSSR count). The van der Waals surface area contributed by atoms with Crippen molar-refractivity contribution < 1.29 is 28.2 Å². The molecule has 0 fully saturated rings. The van der Waals surface area contributed by atoms with Gasteiger partial charge >= 0.3 is 5.97 Å². The third kappa shape index (κ3) is 4.94. The SMILES string of the molecule is COC(=O)C1=C(C)NC2=C(C(=O)CC(C)(C)C2)[C@H]1c1ccc(COc2ccc(F)cc2)c(OC)c1. The number of hydrogen-bond donors (Lipinski definition) is 1. The number of Topliss-reactive ketones (excluding diaryl/α,β-unsaturated/α-hetero) is 1. The topological polar surface area (TPSA) is 73.9 Å². The molecule has 2 aliphatic rings. The molecule has 2 aromatic carbocycles. The molecular weight excluding hydrogens is 449 g/mol. The van der Waals surface area contributed by atoms with Crippen LogP contribution in [-0.2, 0) is 20.9 Å². The number of benzene rings is 2. The number of carbonyl (C=O) groups is 2. The van der Waals surface area contributed by atoms with Crippen LogP contribution in [0.25, 0.3) is 0 Å². The summed E-state index contributed by atoms with van der Waals surface area (Å²) in [5.41, 5.74) is 3.91. The molecule has 0 radical (unpaired) electrons. The highest BCUT2D eigenvalue weighted by molar-refractivity contribution is 6.04. The maximum atomic E-state index is 13.3. The average molecular weight is 480 g/mol. The number of hydrogen-bond acceptors (Lipinski definition) is 6. The molecule has 6 nitrogen and oxygen atoms in total. The largest absolute Gasteiger partial charge is 0.496 e. The molecule has 35 heavy (non-hydrogen) atoms. The smallest absolute Gasteiger partial charge is 0.336 e. The number of rotatable bonds is 6. The molecule has 7 heteroatoms. The Hall–Kier alpha value is -3.61. The molecule has 1 aliphatic heterocycles. The molecule has 0 aromatic heterocycles. The molecule has 0 bridgehead atoms. The van der Waals surface area contributed by atoms with Crippen LogP contribution in [0.4, 0.5) is 4.39 Å². The van der Waals surface area contributed by atoms with E-state index in [0.29, 0.717) is 41.2 Å². The van der Waals surface area contributed by atoms with Gasteiger partial charge in [-0.3, -0.25) is 4.79 Å². The minimum Gasteiger partial charge on any atom is -0.496 e. The first-order chi connectivity index (χ1) is 16.6. The predicted octanol–water partition coefficient (Wildman–Crippen LogP) is 5.19. The monoisotopic (exact) mass is 479 g/mol. The number of ketones is 1. The maximum absolute atomic E-state index is 13.3. The Labute approximate surface area is 204 Å².